The summed E-state index contributed by atoms with van der Waals surface area (Å²) in [6.45, 7) is 8.69. The molecule has 0 aliphatic carbocycles. The van der Waals surface area contributed by atoms with Crippen LogP contribution in [0.3, 0.4) is 0 Å². The Morgan fingerprint density at radius 2 is 1.94 bits per heavy atom. The van der Waals surface area contributed by atoms with Gasteiger partial charge in [-0.25, -0.2) is 14.4 Å². The number of hydrogen-bond acceptors (Lipinski definition) is 7. The van der Waals surface area contributed by atoms with Gasteiger partial charge in [-0.05, 0) is 31.9 Å². The first-order valence-electron chi connectivity index (χ1n) is 12.5. The number of rotatable bonds is 9. The Labute approximate surface area is 212 Å². The molecule has 0 bridgehead atoms. The van der Waals surface area contributed by atoms with Gasteiger partial charge in [0, 0.05) is 56.1 Å². The Balaban J connectivity index is 1.71. The Morgan fingerprint density at radius 3 is 2.61 bits per heavy atom. The predicted octanol–water partition coefficient (Wildman–Crippen LogP) is 4.77. The second kappa shape index (κ2) is 11.2. The lowest BCUT2D eigenvalue weighted by atomic mass is 10.0. The molecule has 0 spiro atoms. The highest BCUT2D eigenvalue weighted by Gasteiger charge is 2.33. The molecular formula is C27H36FN4O3P. The maximum absolute atomic E-state index is 15.0. The van der Waals surface area contributed by atoms with Crippen LogP contribution in [-0.2, 0) is 15.7 Å². The van der Waals surface area contributed by atoms with E-state index < -0.39 is 7.14 Å². The first-order chi connectivity index (χ1) is 17.3. The molecule has 0 radical (unpaired) electrons. The van der Waals surface area contributed by atoms with Crippen molar-refractivity contribution in [1.82, 2.24) is 14.9 Å². The summed E-state index contributed by atoms with van der Waals surface area (Å²) in [4.78, 5) is 11.5. The fraction of sp³-hybridized carbons (Fsp3) is 0.481. The summed E-state index contributed by atoms with van der Waals surface area (Å²) in [5.41, 5.74) is 1.97. The lowest BCUT2D eigenvalue weighted by Gasteiger charge is -2.33. The van der Waals surface area contributed by atoms with Crippen LogP contribution in [0.15, 0.2) is 30.3 Å². The van der Waals surface area contributed by atoms with Crippen LogP contribution >= 0.6 is 7.14 Å². The van der Waals surface area contributed by atoms with E-state index in [1.54, 1.807) is 20.3 Å². The van der Waals surface area contributed by atoms with E-state index >= 15 is 4.39 Å². The molecule has 1 aliphatic heterocycles. The second-order valence-electron chi connectivity index (χ2n) is 9.37. The summed E-state index contributed by atoms with van der Waals surface area (Å²) in [7, 11) is 0.609. The molecule has 1 aromatic heterocycles. The number of aromatic nitrogens is 2. The van der Waals surface area contributed by atoms with Crippen LogP contribution < -0.4 is 15.4 Å². The summed E-state index contributed by atoms with van der Waals surface area (Å²) in [5.74, 6) is 1.59. The van der Waals surface area contributed by atoms with Gasteiger partial charge in [0.15, 0.2) is 0 Å². The molecule has 1 fully saturated rings. The van der Waals surface area contributed by atoms with Crippen LogP contribution in [0.25, 0.3) is 10.9 Å². The van der Waals surface area contributed by atoms with Gasteiger partial charge in [-0.2, -0.15) is 0 Å². The van der Waals surface area contributed by atoms with Crippen molar-refractivity contribution < 1.29 is 18.4 Å². The topological polar surface area (TPSA) is 76.6 Å². The van der Waals surface area contributed by atoms with Gasteiger partial charge in [0.25, 0.3) is 0 Å². The molecule has 4 rings (SSSR count). The van der Waals surface area contributed by atoms with E-state index in [0.29, 0.717) is 59.4 Å². The van der Waals surface area contributed by atoms with Gasteiger partial charge in [0.1, 0.15) is 30.4 Å². The minimum atomic E-state index is -2.69. The predicted molar refractivity (Wildman–Crippen MR) is 144 cm³/mol. The average Bonchev–Trinajstić information content (AvgIpc) is 2.87. The summed E-state index contributed by atoms with van der Waals surface area (Å²) in [6, 6.07) is 8.95. The molecule has 1 atom stereocenters. The fourth-order valence-corrected chi connectivity index (χ4v) is 7.70. The molecule has 0 saturated carbocycles. The van der Waals surface area contributed by atoms with E-state index in [2.05, 4.69) is 20.2 Å². The highest BCUT2D eigenvalue weighted by Crippen LogP contribution is 2.49. The zero-order valence-corrected chi connectivity index (χ0v) is 22.7. The molecule has 1 saturated heterocycles. The first-order valence-corrected chi connectivity index (χ1v) is 14.6. The molecule has 9 heteroatoms. The van der Waals surface area contributed by atoms with Crippen molar-refractivity contribution in [3.8, 4) is 5.75 Å². The van der Waals surface area contributed by atoms with Crippen molar-refractivity contribution in [3.63, 3.8) is 0 Å². The van der Waals surface area contributed by atoms with E-state index in [0.717, 1.165) is 30.3 Å². The van der Waals surface area contributed by atoms with Crippen molar-refractivity contribution in [2.75, 3.05) is 58.1 Å². The van der Waals surface area contributed by atoms with Gasteiger partial charge in [-0.3, -0.25) is 0 Å². The molecule has 1 N–H and O–H groups in total. The number of anilines is 1. The highest BCUT2D eigenvalue weighted by molar-refractivity contribution is 7.72. The number of fused-ring (bicyclic) bond motifs is 1. The molecule has 2 aromatic carbocycles. The number of nitrogens with zero attached hydrogens (tertiary/aromatic N) is 3. The van der Waals surface area contributed by atoms with E-state index in [1.807, 2.05) is 45.0 Å². The molecule has 1 aliphatic rings. The number of halogens is 1. The monoisotopic (exact) mass is 514 g/mol. The number of nitrogens with one attached hydrogen (secondary N) is 1. The number of benzene rings is 2. The van der Waals surface area contributed by atoms with Crippen LogP contribution in [0.4, 0.5) is 10.2 Å². The van der Waals surface area contributed by atoms with Crippen LogP contribution in [-0.4, -0.2) is 67.7 Å². The van der Waals surface area contributed by atoms with Crippen molar-refractivity contribution in [1.29, 1.82) is 0 Å². The van der Waals surface area contributed by atoms with E-state index in [-0.39, 0.29) is 11.9 Å². The zero-order chi connectivity index (χ0) is 25.9. The van der Waals surface area contributed by atoms with Crippen LogP contribution in [0.2, 0.25) is 0 Å². The molecule has 7 nitrogen and oxygen atoms in total. The third-order valence-corrected chi connectivity index (χ3v) is 10.1. The molecular weight excluding hydrogens is 478 g/mol. The minimum absolute atomic E-state index is 0.192. The van der Waals surface area contributed by atoms with Gasteiger partial charge < -0.3 is 24.3 Å². The Bertz CT molecular complexity index is 1270. The maximum Gasteiger partial charge on any atom is 0.138 e. The van der Waals surface area contributed by atoms with Gasteiger partial charge >= 0.3 is 0 Å². The molecule has 0 unspecified atom stereocenters. The minimum Gasteiger partial charge on any atom is -0.496 e. The summed E-state index contributed by atoms with van der Waals surface area (Å²) < 4.78 is 40.1. The van der Waals surface area contributed by atoms with Crippen molar-refractivity contribution >= 4 is 29.2 Å². The third kappa shape index (κ3) is 5.41. The van der Waals surface area contributed by atoms with E-state index in [1.165, 1.54) is 0 Å². The highest BCUT2D eigenvalue weighted by atomic mass is 31.2. The Hall–Kier alpha value is -2.54. The smallest absolute Gasteiger partial charge is 0.138 e. The SMILES string of the molecule is CCc1cccc([C@@H](C)Nc2nc(C)nc3cc(OC)c(P4(=O)CCN(CCOC)CC4)cc23)c1F. The van der Waals surface area contributed by atoms with Gasteiger partial charge in [-0.1, -0.05) is 25.1 Å². The van der Waals surface area contributed by atoms with E-state index in [4.69, 9.17) is 9.47 Å². The van der Waals surface area contributed by atoms with E-state index in [9.17, 15) is 4.57 Å². The number of methoxy groups -OCH3 is 2. The first kappa shape index (κ1) is 26.5. The quantitative estimate of drug-likeness (QED) is 0.412. The lowest BCUT2D eigenvalue weighted by molar-refractivity contribution is 0.152. The van der Waals surface area contributed by atoms with Crippen LogP contribution in [0.5, 0.6) is 5.75 Å². The number of aryl methyl sites for hydroxylation is 2. The summed E-state index contributed by atoms with van der Waals surface area (Å²) in [5, 5.41) is 4.89. The average molecular weight is 515 g/mol. The zero-order valence-electron chi connectivity index (χ0n) is 21.8. The van der Waals surface area contributed by atoms with Crippen LogP contribution in [0.1, 0.15) is 36.8 Å². The molecule has 194 valence electrons. The largest absolute Gasteiger partial charge is 0.496 e. The lowest BCUT2D eigenvalue weighted by Crippen LogP contribution is -2.39. The normalized spacial score (nSPS) is 16.7. The van der Waals surface area contributed by atoms with Gasteiger partial charge in [0.05, 0.1) is 30.6 Å². The van der Waals surface area contributed by atoms with Crippen molar-refractivity contribution in [3.05, 3.63) is 53.1 Å². The van der Waals surface area contributed by atoms with Crippen molar-refractivity contribution in [2.45, 2.75) is 33.2 Å². The Morgan fingerprint density at radius 1 is 1.19 bits per heavy atom. The standard InChI is InChI=1S/C27H36FN4O3P/c1-6-20-8-7-9-21(26(20)28)18(2)29-27-22-16-25(24(35-5)17-23(22)30-19(3)31-27)36(33)14-11-32(12-15-36)10-13-34-4/h7-9,16-18H,6,10-15H2,1-5H3,(H,29,30,31)/t18-/m1/s1. The number of ether oxygens (including phenoxy) is 2. The van der Waals surface area contributed by atoms with Gasteiger partial charge in [-0.15, -0.1) is 0 Å². The summed E-state index contributed by atoms with van der Waals surface area (Å²) >= 11 is 0. The molecule has 2 heterocycles. The van der Waals surface area contributed by atoms with Crippen LogP contribution in [0, 0.1) is 12.7 Å². The second-order valence-corrected chi connectivity index (χ2v) is 12.5. The molecule has 0 amide bonds. The fourth-order valence-electron chi connectivity index (χ4n) is 4.86. The maximum atomic E-state index is 15.0. The molecule has 36 heavy (non-hydrogen) atoms. The Kier molecular flexibility index (Phi) is 8.28. The summed E-state index contributed by atoms with van der Waals surface area (Å²) in [6.07, 6.45) is 1.79. The van der Waals surface area contributed by atoms with Gasteiger partial charge in [0.2, 0.25) is 0 Å². The number of hydrogen-bond donors (Lipinski definition) is 1. The third-order valence-electron chi connectivity index (χ3n) is 7.02. The molecule has 3 aromatic rings. The van der Waals surface area contributed by atoms with Crippen molar-refractivity contribution in [2.24, 2.45) is 0 Å².